The first-order valence-corrected chi connectivity index (χ1v) is 16.4. The van der Waals surface area contributed by atoms with Crippen molar-refractivity contribution in [3.63, 3.8) is 0 Å². The van der Waals surface area contributed by atoms with Gasteiger partial charge in [-0.05, 0) is 50.3 Å². The SMILES string of the molecule is CCCCS(=O)(=O)NC[C@H]1CCCN1C(=O)CN1CCC[C@H](NS(=O)(=O)C=Cc2ccc(Cl)s2)C1=O. The first kappa shape index (κ1) is 29.1. The van der Waals surface area contributed by atoms with Gasteiger partial charge in [-0.15, -0.1) is 11.3 Å². The van der Waals surface area contributed by atoms with Crippen LogP contribution in [0.25, 0.3) is 6.08 Å². The maximum Gasteiger partial charge on any atom is 0.242 e. The van der Waals surface area contributed by atoms with E-state index < -0.39 is 32.0 Å². The number of carbonyl (C=O) groups is 2. The van der Waals surface area contributed by atoms with E-state index in [1.54, 1.807) is 17.0 Å². The van der Waals surface area contributed by atoms with E-state index in [2.05, 4.69) is 9.44 Å². The molecule has 2 aliphatic heterocycles. The Balaban J connectivity index is 1.55. The molecule has 0 aliphatic carbocycles. The molecule has 3 rings (SSSR count). The lowest BCUT2D eigenvalue weighted by molar-refractivity contribution is -0.143. The largest absolute Gasteiger partial charge is 0.337 e. The monoisotopic (exact) mass is 580 g/mol. The number of piperidine rings is 1. The summed E-state index contributed by atoms with van der Waals surface area (Å²) >= 11 is 7.10. The number of halogens is 1. The van der Waals surface area contributed by atoms with E-state index in [-0.39, 0.29) is 30.8 Å². The second-order valence-electron chi connectivity index (χ2n) is 8.97. The molecular formula is C22H33ClN4O6S3. The van der Waals surface area contributed by atoms with Gasteiger partial charge in [0.25, 0.3) is 0 Å². The van der Waals surface area contributed by atoms with Crippen LogP contribution < -0.4 is 9.44 Å². The van der Waals surface area contributed by atoms with E-state index in [9.17, 15) is 26.4 Å². The third-order valence-electron chi connectivity index (χ3n) is 6.17. The van der Waals surface area contributed by atoms with Gasteiger partial charge in [0.15, 0.2) is 0 Å². The predicted molar refractivity (Wildman–Crippen MR) is 141 cm³/mol. The molecule has 2 N–H and O–H groups in total. The maximum atomic E-state index is 13.0. The molecule has 202 valence electrons. The van der Waals surface area contributed by atoms with Crippen LogP contribution in [-0.4, -0.2) is 82.5 Å². The lowest BCUT2D eigenvalue weighted by atomic mass is 10.1. The molecule has 0 bridgehead atoms. The van der Waals surface area contributed by atoms with E-state index in [1.165, 1.54) is 22.3 Å². The molecule has 0 aromatic carbocycles. The summed E-state index contributed by atoms with van der Waals surface area (Å²) in [6, 6.07) is 2.14. The molecule has 10 nitrogen and oxygen atoms in total. The van der Waals surface area contributed by atoms with Crippen molar-refractivity contribution in [2.24, 2.45) is 0 Å². The lowest BCUT2D eigenvalue weighted by Crippen LogP contribution is -2.55. The highest BCUT2D eigenvalue weighted by molar-refractivity contribution is 7.92. The fourth-order valence-corrected chi connectivity index (χ4v) is 7.61. The molecule has 2 atom stereocenters. The number of nitrogens with zero attached hydrogens (tertiary/aromatic N) is 2. The number of carbonyl (C=O) groups excluding carboxylic acids is 2. The molecule has 1 aromatic rings. The van der Waals surface area contributed by atoms with E-state index in [0.29, 0.717) is 48.0 Å². The first-order chi connectivity index (χ1) is 17.0. The summed E-state index contributed by atoms with van der Waals surface area (Å²) in [4.78, 5) is 29.6. The summed E-state index contributed by atoms with van der Waals surface area (Å²) in [5.41, 5.74) is 0. The van der Waals surface area contributed by atoms with Crippen molar-refractivity contribution in [2.45, 2.75) is 57.5 Å². The predicted octanol–water partition coefficient (Wildman–Crippen LogP) is 1.99. The van der Waals surface area contributed by atoms with Gasteiger partial charge in [-0.3, -0.25) is 9.59 Å². The van der Waals surface area contributed by atoms with Crippen LogP contribution in [0.15, 0.2) is 17.5 Å². The fourth-order valence-electron chi connectivity index (χ4n) is 4.28. The highest BCUT2D eigenvalue weighted by Gasteiger charge is 2.35. The zero-order valence-corrected chi connectivity index (χ0v) is 23.4. The zero-order chi connectivity index (χ0) is 26.3. The number of sulfonamides is 2. The summed E-state index contributed by atoms with van der Waals surface area (Å²) < 4.78 is 54.8. The number of nitrogens with one attached hydrogen (secondary N) is 2. The van der Waals surface area contributed by atoms with Crippen molar-refractivity contribution in [3.8, 4) is 0 Å². The number of hydrogen-bond acceptors (Lipinski definition) is 7. The van der Waals surface area contributed by atoms with E-state index in [4.69, 9.17) is 11.6 Å². The molecule has 2 fully saturated rings. The summed E-state index contributed by atoms with van der Waals surface area (Å²) in [6.07, 6.45) is 5.09. The average molecular weight is 581 g/mol. The highest BCUT2D eigenvalue weighted by Crippen LogP contribution is 2.23. The lowest BCUT2D eigenvalue weighted by Gasteiger charge is -2.34. The van der Waals surface area contributed by atoms with Crippen LogP contribution in [0.4, 0.5) is 0 Å². The van der Waals surface area contributed by atoms with Crippen LogP contribution in [-0.2, 0) is 29.6 Å². The fraction of sp³-hybridized carbons (Fsp3) is 0.636. The third-order valence-corrected chi connectivity index (χ3v) is 9.91. The Labute approximate surface area is 222 Å². The molecule has 36 heavy (non-hydrogen) atoms. The summed E-state index contributed by atoms with van der Waals surface area (Å²) in [5.74, 6) is -0.654. The van der Waals surface area contributed by atoms with Crippen LogP contribution in [0, 0.1) is 0 Å². The van der Waals surface area contributed by atoms with Crippen molar-refractivity contribution in [2.75, 3.05) is 31.9 Å². The quantitative estimate of drug-likeness (QED) is 0.388. The number of amides is 2. The number of unbranched alkanes of at least 4 members (excludes halogenated alkanes) is 1. The molecule has 0 spiro atoms. The van der Waals surface area contributed by atoms with E-state index in [0.717, 1.165) is 18.2 Å². The molecule has 1 aromatic heterocycles. The summed E-state index contributed by atoms with van der Waals surface area (Å²) in [6.45, 7) is 2.75. The Hall–Kier alpha value is -1.51. The normalized spacial score (nSPS) is 21.6. The van der Waals surface area contributed by atoms with Crippen molar-refractivity contribution in [1.82, 2.24) is 19.2 Å². The van der Waals surface area contributed by atoms with Gasteiger partial charge in [0.2, 0.25) is 31.9 Å². The Kier molecular flexibility index (Phi) is 10.4. The minimum Gasteiger partial charge on any atom is -0.337 e. The smallest absolute Gasteiger partial charge is 0.242 e. The number of thiophene rings is 1. The third kappa shape index (κ3) is 8.52. The molecule has 0 saturated carbocycles. The van der Waals surface area contributed by atoms with Crippen molar-refractivity contribution < 1.29 is 26.4 Å². The van der Waals surface area contributed by atoms with Crippen molar-refractivity contribution in [1.29, 1.82) is 0 Å². The molecule has 2 amide bonds. The molecule has 0 radical (unpaired) electrons. The van der Waals surface area contributed by atoms with E-state index >= 15 is 0 Å². The standard InChI is InChI=1S/C22H33ClN4O6S3/c1-2-3-13-35(30,31)24-15-17-6-4-12-27(17)21(28)16-26-11-5-7-19(22(26)29)25-36(32,33)14-10-18-8-9-20(23)34-18/h8-10,14,17,19,24-25H,2-7,11-13,15-16H2,1H3/t17-,19+/m1/s1. The molecule has 2 aliphatic rings. The molecule has 3 heterocycles. The second kappa shape index (κ2) is 12.8. The minimum atomic E-state index is -3.88. The molecular weight excluding hydrogens is 548 g/mol. The number of rotatable bonds is 12. The van der Waals surface area contributed by atoms with Gasteiger partial charge in [0.1, 0.15) is 6.04 Å². The van der Waals surface area contributed by atoms with Crippen LogP contribution >= 0.6 is 22.9 Å². The van der Waals surface area contributed by atoms with Crippen LogP contribution in [0.3, 0.4) is 0 Å². The van der Waals surface area contributed by atoms with Gasteiger partial charge in [-0.1, -0.05) is 24.9 Å². The Morgan fingerprint density at radius 2 is 1.94 bits per heavy atom. The minimum absolute atomic E-state index is 0.0556. The van der Waals surface area contributed by atoms with Gasteiger partial charge in [0.05, 0.1) is 16.6 Å². The van der Waals surface area contributed by atoms with E-state index in [1.807, 2.05) is 6.92 Å². The van der Waals surface area contributed by atoms with Gasteiger partial charge in [-0.2, -0.15) is 4.72 Å². The van der Waals surface area contributed by atoms with Crippen LogP contribution in [0.2, 0.25) is 4.34 Å². The molecule has 0 unspecified atom stereocenters. The number of hydrogen-bond donors (Lipinski definition) is 2. The molecule has 14 heteroatoms. The Morgan fingerprint density at radius 1 is 1.19 bits per heavy atom. The van der Waals surface area contributed by atoms with Crippen molar-refractivity contribution >= 4 is 60.9 Å². The highest BCUT2D eigenvalue weighted by atomic mass is 35.5. The van der Waals surface area contributed by atoms with Gasteiger partial charge in [-0.25, -0.2) is 21.6 Å². The maximum absolute atomic E-state index is 13.0. The summed E-state index contributed by atoms with van der Waals surface area (Å²) in [5, 5.41) is 1.00. The Bertz CT molecular complexity index is 1170. The summed E-state index contributed by atoms with van der Waals surface area (Å²) in [7, 11) is -7.27. The second-order valence-corrected chi connectivity index (χ2v) is 14.2. The zero-order valence-electron chi connectivity index (χ0n) is 20.2. The van der Waals surface area contributed by atoms with Gasteiger partial charge >= 0.3 is 0 Å². The van der Waals surface area contributed by atoms with Gasteiger partial charge in [0, 0.05) is 36.0 Å². The first-order valence-electron chi connectivity index (χ1n) is 12.0. The topological polar surface area (TPSA) is 133 Å². The van der Waals surface area contributed by atoms with Gasteiger partial charge < -0.3 is 9.80 Å². The number of likely N-dealkylation sites (tertiary alicyclic amines) is 2. The Morgan fingerprint density at radius 3 is 2.64 bits per heavy atom. The van der Waals surface area contributed by atoms with Crippen LogP contribution in [0.5, 0.6) is 0 Å². The average Bonchev–Trinajstić information content (AvgIpc) is 3.46. The van der Waals surface area contributed by atoms with Crippen LogP contribution in [0.1, 0.15) is 50.3 Å². The molecule has 2 saturated heterocycles. The van der Waals surface area contributed by atoms with Crippen molar-refractivity contribution in [3.05, 3.63) is 26.8 Å².